The van der Waals surface area contributed by atoms with Gasteiger partial charge in [0.1, 0.15) is 0 Å². The van der Waals surface area contributed by atoms with Crippen molar-refractivity contribution in [3.05, 3.63) is 94.0 Å². The van der Waals surface area contributed by atoms with Gasteiger partial charge in [-0.25, -0.2) is 0 Å². The lowest BCUT2D eigenvalue weighted by Gasteiger charge is -2.18. The summed E-state index contributed by atoms with van der Waals surface area (Å²) in [4.78, 5) is 26.7. The number of thiocarbonyl (C=S) groups is 1. The second-order valence-electron chi connectivity index (χ2n) is 6.31. The zero-order chi connectivity index (χ0) is 21.7. The summed E-state index contributed by atoms with van der Waals surface area (Å²) in [6.45, 7) is 0. The Kier molecular flexibility index (Phi) is 7.05. The molecule has 3 rings (SSSR count). The van der Waals surface area contributed by atoms with Crippen LogP contribution in [0.5, 0.6) is 0 Å². The van der Waals surface area contributed by atoms with Gasteiger partial charge in [0.15, 0.2) is 5.11 Å². The number of nitrogens with zero attached hydrogens (tertiary/aromatic N) is 1. The number of anilines is 2. The van der Waals surface area contributed by atoms with Crippen molar-refractivity contribution in [2.24, 2.45) is 0 Å². The summed E-state index contributed by atoms with van der Waals surface area (Å²) in [6.07, 6.45) is 0. The number of rotatable bonds is 4. The molecule has 0 aliphatic heterocycles. The van der Waals surface area contributed by atoms with E-state index in [-0.39, 0.29) is 21.6 Å². The number of benzene rings is 3. The fourth-order valence-corrected chi connectivity index (χ4v) is 3.40. The Morgan fingerprint density at radius 1 is 0.933 bits per heavy atom. The predicted octanol–water partition coefficient (Wildman–Crippen LogP) is 5.40. The molecule has 2 N–H and O–H groups in total. The third-order valence-electron chi connectivity index (χ3n) is 4.22. The quantitative estimate of drug-likeness (QED) is 0.515. The van der Waals surface area contributed by atoms with Crippen LogP contribution in [0.25, 0.3) is 0 Å². The number of hydrogen-bond acceptors (Lipinski definition) is 3. The molecule has 0 aromatic heterocycles. The van der Waals surface area contributed by atoms with Gasteiger partial charge in [-0.15, -0.1) is 0 Å². The highest BCUT2D eigenvalue weighted by atomic mass is 35.5. The number of hydrogen-bond donors (Lipinski definition) is 2. The van der Waals surface area contributed by atoms with Crippen molar-refractivity contribution in [3.63, 3.8) is 0 Å². The average molecular weight is 458 g/mol. The maximum atomic E-state index is 12.8. The molecule has 0 aliphatic rings. The zero-order valence-corrected chi connectivity index (χ0v) is 18.2. The Labute approximate surface area is 189 Å². The third-order valence-corrected chi connectivity index (χ3v) is 4.97. The van der Waals surface area contributed by atoms with E-state index in [4.69, 9.17) is 35.4 Å². The van der Waals surface area contributed by atoms with Crippen LogP contribution in [0.2, 0.25) is 10.0 Å². The number of carbonyl (C=O) groups excluding carboxylic acids is 2. The van der Waals surface area contributed by atoms with E-state index in [9.17, 15) is 9.59 Å². The molecule has 0 saturated heterocycles. The molecule has 5 nitrogen and oxygen atoms in total. The maximum Gasteiger partial charge on any atom is 0.258 e. The number of carbonyl (C=O) groups is 2. The van der Waals surface area contributed by atoms with E-state index in [1.54, 1.807) is 42.3 Å². The number of amides is 2. The van der Waals surface area contributed by atoms with Crippen LogP contribution in [0.15, 0.2) is 72.8 Å². The number of nitrogens with one attached hydrogen (secondary N) is 2. The minimum atomic E-state index is -0.467. The van der Waals surface area contributed by atoms with Crippen LogP contribution in [0.1, 0.15) is 20.7 Å². The Morgan fingerprint density at radius 3 is 2.37 bits per heavy atom. The predicted molar refractivity (Wildman–Crippen MR) is 126 cm³/mol. The normalized spacial score (nSPS) is 10.2. The van der Waals surface area contributed by atoms with Crippen LogP contribution < -0.4 is 15.5 Å². The molecule has 30 heavy (non-hydrogen) atoms. The molecule has 0 spiro atoms. The third kappa shape index (κ3) is 5.36. The topological polar surface area (TPSA) is 61.4 Å². The molecular weight excluding hydrogens is 441 g/mol. The standard InChI is InChI=1S/C22H17Cl2N3O2S/c1-27(17-8-3-2-4-9-17)21(29)14-6-5-7-16(12-14)25-22(30)26-20(28)18-11-10-15(23)13-19(18)24/h2-13H,1H3,(H2,25,26,28,30). The SMILES string of the molecule is CN(C(=O)c1cccc(NC(=S)NC(=O)c2ccc(Cl)cc2Cl)c1)c1ccccc1. The lowest BCUT2D eigenvalue weighted by atomic mass is 10.1. The second kappa shape index (κ2) is 9.71. The summed E-state index contributed by atoms with van der Waals surface area (Å²) in [6, 6.07) is 20.7. The summed E-state index contributed by atoms with van der Waals surface area (Å²) in [5, 5.41) is 6.20. The Bertz CT molecular complexity index is 1110. The second-order valence-corrected chi connectivity index (χ2v) is 7.56. The first kappa shape index (κ1) is 21.8. The molecule has 3 aromatic rings. The zero-order valence-electron chi connectivity index (χ0n) is 15.9. The minimum Gasteiger partial charge on any atom is -0.332 e. The first-order chi connectivity index (χ1) is 14.3. The summed E-state index contributed by atoms with van der Waals surface area (Å²) in [5.74, 6) is -0.641. The van der Waals surface area contributed by atoms with Crippen molar-refractivity contribution in [2.45, 2.75) is 0 Å². The minimum absolute atomic E-state index is 0.0760. The molecule has 0 atom stereocenters. The van der Waals surface area contributed by atoms with Gasteiger partial charge >= 0.3 is 0 Å². The number of para-hydroxylation sites is 1. The van der Waals surface area contributed by atoms with E-state index in [1.807, 2.05) is 30.3 Å². The number of halogens is 2. The van der Waals surface area contributed by atoms with Crippen LogP contribution in [0.3, 0.4) is 0 Å². The fraction of sp³-hybridized carbons (Fsp3) is 0.0455. The highest BCUT2D eigenvalue weighted by molar-refractivity contribution is 7.80. The van der Waals surface area contributed by atoms with E-state index in [2.05, 4.69) is 10.6 Å². The molecule has 0 aliphatic carbocycles. The van der Waals surface area contributed by atoms with Crippen molar-refractivity contribution >= 4 is 63.7 Å². The van der Waals surface area contributed by atoms with Crippen molar-refractivity contribution in [3.8, 4) is 0 Å². The average Bonchev–Trinajstić information content (AvgIpc) is 2.73. The smallest absolute Gasteiger partial charge is 0.258 e. The maximum absolute atomic E-state index is 12.8. The van der Waals surface area contributed by atoms with Crippen LogP contribution in [0.4, 0.5) is 11.4 Å². The summed E-state index contributed by atoms with van der Waals surface area (Å²) in [7, 11) is 1.71. The lowest BCUT2D eigenvalue weighted by molar-refractivity contribution is 0.0974. The van der Waals surface area contributed by atoms with E-state index < -0.39 is 5.91 Å². The van der Waals surface area contributed by atoms with Crippen molar-refractivity contribution in [1.29, 1.82) is 0 Å². The van der Waals surface area contributed by atoms with Gasteiger partial charge in [0.2, 0.25) is 0 Å². The van der Waals surface area contributed by atoms with Crippen LogP contribution >= 0.6 is 35.4 Å². The summed E-state index contributed by atoms with van der Waals surface area (Å²) < 4.78 is 0. The van der Waals surface area contributed by atoms with E-state index in [0.29, 0.717) is 16.3 Å². The van der Waals surface area contributed by atoms with Gasteiger partial charge < -0.3 is 10.2 Å². The van der Waals surface area contributed by atoms with Crippen molar-refractivity contribution in [2.75, 3.05) is 17.3 Å². The van der Waals surface area contributed by atoms with Crippen LogP contribution in [-0.2, 0) is 0 Å². The summed E-state index contributed by atoms with van der Waals surface area (Å²) in [5.41, 5.74) is 2.07. The van der Waals surface area contributed by atoms with Gasteiger partial charge in [-0.3, -0.25) is 14.9 Å². The van der Waals surface area contributed by atoms with E-state index in [0.717, 1.165) is 5.69 Å². The van der Waals surface area contributed by atoms with Crippen molar-refractivity contribution < 1.29 is 9.59 Å². The van der Waals surface area contributed by atoms with Crippen LogP contribution in [0, 0.1) is 0 Å². The molecule has 152 valence electrons. The largest absolute Gasteiger partial charge is 0.332 e. The highest BCUT2D eigenvalue weighted by Gasteiger charge is 2.15. The van der Waals surface area contributed by atoms with Gasteiger partial charge in [0.05, 0.1) is 10.6 Å². The van der Waals surface area contributed by atoms with Crippen molar-refractivity contribution in [1.82, 2.24) is 5.32 Å². The van der Waals surface area contributed by atoms with E-state index in [1.165, 1.54) is 12.1 Å². The molecule has 0 unspecified atom stereocenters. The van der Waals surface area contributed by atoms with Gasteiger partial charge in [-0.1, -0.05) is 47.5 Å². The highest BCUT2D eigenvalue weighted by Crippen LogP contribution is 2.21. The van der Waals surface area contributed by atoms with Gasteiger partial charge in [0.25, 0.3) is 11.8 Å². The summed E-state index contributed by atoms with van der Waals surface area (Å²) >= 11 is 17.1. The molecule has 3 aromatic carbocycles. The Morgan fingerprint density at radius 2 is 1.67 bits per heavy atom. The monoisotopic (exact) mass is 457 g/mol. The Hall–Kier alpha value is -2.93. The Balaban J connectivity index is 1.68. The molecule has 0 fully saturated rings. The fourth-order valence-electron chi connectivity index (χ4n) is 2.70. The van der Waals surface area contributed by atoms with E-state index >= 15 is 0 Å². The molecule has 0 saturated carbocycles. The first-order valence-electron chi connectivity index (χ1n) is 8.85. The molecule has 2 amide bonds. The molecule has 0 radical (unpaired) electrons. The van der Waals surface area contributed by atoms with Gasteiger partial charge in [-0.2, -0.15) is 0 Å². The van der Waals surface area contributed by atoms with Crippen LogP contribution in [-0.4, -0.2) is 24.0 Å². The molecule has 8 heteroatoms. The van der Waals surface area contributed by atoms with Gasteiger partial charge in [0, 0.05) is 29.0 Å². The first-order valence-corrected chi connectivity index (χ1v) is 10.0. The molecule has 0 bridgehead atoms. The lowest BCUT2D eigenvalue weighted by Crippen LogP contribution is -2.34. The molecular formula is C22H17Cl2N3O2S. The molecule has 0 heterocycles. The van der Waals surface area contributed by atoms with Gasteiger partial charge in [-0.05, 0) is 60.7 Å².